The zero-order chi connectivity index (χ0) is 22.8. The fraction of sp³-hybridized carbons (Fsp3) is 0.360. The first-order chi connectivity index (χ1) is 15.3. The molecule has 0 spiro atoms. The van der Waals surface area contributed by atoms with E-state index in [0.717, 1.165) is 35.3 Å². The molecule has 0 unspecified atom stereocenters. The standard InChI is InChI=1S/C25H30FN5O/c1-17-5-4-6-23(26)21(17)13-30-14-22(24(15-30)29(2)3)19-9-7-18(8-10-19)20-11-28-31(12-20)16-25(27)32/h4-12,22,24H,13-16H2,1-3H3,(H2,27,32)/t22-,24+/m1/s1. The number of rotatable bonds is 7. The highest BCUT2D eigenvalue weighted by molar-refractivity contribution is 5.73. The third kappa shape index (κ3) is 4.74. The summed E-state index contributed by atoms with van der Waals surface area (Å²) in [4.78, 5) is 15.7. The van der Waals surface area contributed by atoms with Crippen molar-refractivity contribution in [2.75, 3.05) is 27.2 Å². The zero-order valence-electron chi connectivity index (χ0n) is 18.8. The second-order valence-corrected chi connectivity index (χ2v) is 8.88. The van der Waals surface area contributed by atoms with Gasteiger partial charge >= 0.3 is 0 Å². The summed E-state index contributed by atoms with van der Waals surface area (Å²) in [5.74, 6) is -0.208. The lowest BCUT2D eigenvalue weighted by atomic mass is 9.92. The average Bonchev–Trinajstić information content (AvgIpc) is 3.38. The maximum Gasteiger partial charge on any atom is 0.239 e. The Labute approximate surface area is 188 Å². The first-order valence-electron chi connectivity index (χ1n) is 10.9. The fourth-order valence-electron chi connectivity index (χ4n) is 4.62. The van der Waals surface area contributed by atoms with E-state index >= 15 is 0 Å². The second-order valence-electron chi connectivity index (χ2n) is 8.88. The summed E-state index contributed by atoms with van der Waals surface area (Å²) >= 11 is 0. The van der Waals surface area contributed by atoms with Crippen molar-refractivity contribution < 1.29 is 9.18 Å². The van der Waals surface area contributed by atoms with Crippen LogP contribution in [0.15, 0.2) is 54.9 Å². The minimum absolute atomic E-state index is 0.0714. The predicted octanol–water partition coefficient (Wildman–Crippen LogP) is 3.01. The highest BCUT2D eigenvalue weighted by Gasteiger charge is 2.35. The molecule has 0 aliphatic carbocycles. The van der Waals surface area contributed by atoms with Crippen LogP contribution in [0.4, 0.5) is 4.39 Å². The minimum Gasteiger partial charge on any atom is -0.368 e. The monoisotopic (exact) mass is 435 g/mol. The number of hydrogen-bond donors (Lipinski definition) is 1. The van der Waals surface area contributed by atoms with Crippen LogP contribution >= 0.6 is 0 Å². The summed E-state index contributed by atoms with van der Waals surface area (Å²) in [6.07, 6.45) is 3.57. The van der Waals surface area contributed by atoms with Crippen LogP contribution in [0.25, 0.3) is 11.1 Å². The van der Waals surface area contributed by atoms with E-state index in [0.29, 0.717) is 18.5 Å². The van der Waals surface area contributed by atoms with Crippen molar-refractivity contribution >= 4 is 5.91 Å². The molecule has 2 aromatic carbocycles. The van der Waals surface area contributed by atoms with Gasteiger partial charge in [-0.15, -0.1) is 0 Å². The molecule has 1 aromatic heterocycles. The number of hydrogen-bond acceptors (Lipinski definition) is 4. The van der Waals surface area contributed by atoms with Crippen LogP contribution in [0.3, 0.4) is 0 Å². The highest BCUT2D eigenvalue weighted by atomic mass is 19.1. The molecule has 0 bridgehead atoms. The van der Waals surface area contributed by atoms with Gasteiger partial charge in [-0.05, 0) is 43.8 Å². The van der Waals surface area contributed by atoms with Gasteiger partial charge in [-0.1, -0.05) is 36.4 Å². The van der Waals surface area contributed by atoms with Gasteiger partial charge in [-0.2, -0.15) is 5.10 Å². The maximum atomic E-state index is 14.4. The van der Waals surface area contributed by atoms with E-state index in [1.165, 1.54) is 5.56 Å². The first kappa shape index (κ1) is 22.2. The van der Waals surface area contributed by atoms with E-state index < -0.39 is 5.91 Å². The molecule has 168 valence electrons. The molecule has 2 N–H and O–H groups in total. The largest absolute Gasteiger partial charge is 0.368 e. The molecule has 1 aliphatic rings. The number of benzene rings is 2. The van der Waals surface area contributed by atoms with Crippen molar-refractivity contribution in [2.24, 2.45) is 5.73 Å². The number of nitrogens with zero attached hydrogens (tertiary/aromatic N) is 4. The molecule has 3 aromatic rings. The highest BCUT2D eigenvalue weighted by Crippen LogP contribution is 2.33. The van der Waals surface area contributed by atoms with E-state index in [1.807, 2.05) is 19.2 Å². The number of carbonyl (C=O) groups excluding carboxylic acids is 1. The molecule has 7 heteroatoms. The van der Waals surface area contributed by atoms with E-state index in [2.05, 4.69) is 53.3 Å². The summed E-state index contributed by atoms with van der Waals surface area (Å²) in [6, 6.07) is 14.2. The van der Waals surface area contributed by atoms with Gasteiger partial charge in [0, 0.05) is 48.9 Å². The zero-order valence-corrected chi connectivity index (χ0v) is 18.8. The number of aromatic nitrogens is 2. The Morgan fingerprint density at radius 1 is 1.16 bits per heavy atom. The quantitative estimate of drug-likeness (QED) is 0.620. The molecule has 2 atom stereocenters. The summed E-state index contributed by atoms with van der Waals surface area (Å²) in [7, 11) is 4.22. The van der Waals surface area contributed by atoms with E-state index in [9.17, 15) is 9.18 Å². The lowest BCUT2D eigenvalue weighted by Crippen LogP contribution is -2.34. The van der Waals surface area contributed by atoms with E-state index in [1.54, 1.807) is 23.0 Å². The summed E-state index contributed by atoms with van der Waals surface area (Å²) in [5, 5.41) is 4.20. The maximum absolute atomic E-state index is 14.4. The van der Waals surface area contributed by atoms with Crippen molar-refractivity contribution in [3.05, 3.63) is 77.4 Å². The van der Waals surface area contributed by atoms with Gasteiger partial charge in [0.05, 0.1) is 6.20 Å². The minimum atomic E-state index is -0.416. The van der Waals surface area contributed by atoms with Crippen LogP contribution in [-0.2, 0) is 17.9 Å². The predicted molar refractivity (Wildman–Crippen MR) is 123 cm³/mol. The van der Waals surface area contributed by atoms with Crippen LogP contribution in [0.2, 0.25) is 0 Å². The Morgan fingerprint density at radius 3 is 2.56 bits per heavy atom. The molecule has 0 saturated carbocycles. The van der Waals surface area contributed by atoms with Crippen molar-refractivity contribution in [1.29, 1.82) is 0 Å². The van der Waals surface area contributed by atoms with Gasteiger partial charge in [0.25, 0.3) is 0 Å². The number of likely N-dealkylation sites (N-methyl/N-ethyl adjacent to an activating group) is 1. The number of likely N-dealkylation sites (tertiary alicyclic amines) is 1. The van der Waals surface area contributed by atoms with E-state index in [4.69, 9.17) is 5.73 Å². The molecule has 4 rings (SSSR count). The fourth-order valence-corrected chi connectivity index (χ4v) is 4.62. The van der Waals surface area contributed by atoms with Gasteiger partial charge in [-0.25, -0.2) is 4.39 Å². The molecular weight excluding hydrogens is 405 g/mol. The number of halogens is 1. The van der Waals surface area contributed by atoms with Crippen molar-refractivity contribution in [2.45, 2.75) is 32.0 Å². The Balaban J connectivity index is 1.51. The molecule has 6 nitrogen and oxygen atoms in total. The molecular formula is C25H30FN5O. The molecule has 0 radical (unpaired) electrons. The Bertz CT molecular complexity index is 1070. The van der Waals surface area contributed by atoms with Crippen LogP contribution < -0.4 is 5.73 Å². The molecule has 32 heavy (non-hydrogen) atoms. The number of aryl methyl sites for hydroxylation is 1. The van der Waals surface area contributed by atoms with Crippen LogP contribution in [-0.4, -0.2) is 58.7 Å². The topological polar surface area (TPSA) is 67.4 Å². The van der Waals surface area contributed by atoms with Gasteiger partial charge in [0.1, 0.15) is 12.4 Å². The third-order valence-electron chi connectivity index (χ3n) is 6.39. The molecule has 1 aliphatic heterocycles. The summed E-state index contributed by atoms with van der Waals surface area (Å²) < 4.78 is 15.9. The Morgan fingerprint density at radius 2 is 1.91 bits per heavy atom. The van der Waals surface area contributed by atoms with E-state index in [-0.39, 0.29) is 12.4 Å². The molecule has 1 fully saturated rings. The summed E-state index contributed by atoms with van der Waals surface area (Å²) in [6.45, 7) is 4.44. The number of carbonyl (C=O) groups is 1. The lowest BCUT2D eigenvalue weighted by Gasteiger charge is -2.25. The lowest BCUT2D eigenvalue weighted by molar-refractivity contribution is -0.118. The first-order valence-corrected chi connectivity index (χ1v) is 10.9. The SMILES string of the molecule is Cc1cccc(F)c1CN1C[C@H](c2ccc(-c3cnn(CC(N)=O)c3)cc2)[C@@H](N(C)C)C1. The third-order valence-corrected chi connectivity index (χ3v) is 6.39. The van der Waals surface area contributed by atoms with Gasteiger partial charge in [0.2, 0.25) is 5.91 Å². The Kier molecular flexibility index (Phi) is 6.39. The Hall–Kier alpha value is -3.03. The van der Waals surface area contributed by atoms with Gasteiger partial charge in [0.15, 0.2) is 0 Å². The molecule has 2 heterocycles. The number of primary amides is 1. The van der Waals surface area contributed by atoms with Crippen molar-refractivity contribution in [1.82, 2.24) is 19.6 Å². The van der Waals surface area contributed by atoms with Gasteiger partial charge < -0.3 is 10.6 Å². The number of amides is 1. The van der Waals surface area contributed by atoms with Crippen LogP contribution in [0.1, 0.15) is 22.6 Å². The summed E-state index contributed by atoms with van der Waals surface area (Å²) in [5.41, 5.74) is 10.3. The smallest absolute Gasteiger partial charge is 0.239 e. The second kappa shape index (κ2) is 9.22. The average molecular weight is 436 g/mol. The van der Waals surface area contributed by atoms with Crippen LogP contribution in [0, 0.1) is 12.7 Å². The normalized spacial score (nSPS) is 19.0. The van der Waals surface area contributed by atoms with Gasteiger partial charge in [-0.3, -0.25) is 14.4 Å². The molecule has 1 amide bonds. The van der Waals surface area contributed by atoms with Crippen molar-refractivity contribution in [3.8, 4) is 11.1 Å². The molecule has 1 saturated heterocycles. The van der Waals surface area contributed by atoms with Crippen molar-refractivity contribution in [3.63, 3.8) is 0 Å². The van der Waals surface area contributed by atoms with Crippen LogP contribution in [0.5, 0.6) is 0 Å². The number of nitrogens with two attached hydrogens (primary N) is 1.